The van der Waals surface area contributed by atoms with Crippen molar-refractivity contribution in [2.24, 2.45) is 0 Å². The van der Waals surface area contributed by atoms with Crippen LogP contribution < -0.4 is 9.64 Å². The molecule has 0 atom stereocenters. The minimum absolute atomic E-state index is 0.566. The summed E-state index contributed by atoms with van der Waals surface area (Å²) in [6.07, 6.45) is 1.73. The van der Waals surface area contributed by atoms with Crippen molar-refractivity contribution < 1.29 is 4.74 Å². The Morgan fingerprint density at radius 1 is 1.22 bits per heavy atom. The molecule has 0 N–H and O–H groups in total. The van der Waals surface area contributed by atoms with E-state index < -0.39 is 0 Å². The van der Waals surface area contributed by atoms with Crippen LogP contribution in [0, 0.1) is 0 Å². The maximum atomic E-state index is 5.20. The van der Waals surface area contributed by atoms with Crippen molar-refractivity contribution in [2.45, 2.75) is 13.1 Å². The van der Waals surface area contributed by atoms with Crippen LogP contribution in [0.5, 0.6) is 5.88 Å². The molecule has 2 heterocycles. The lowest BCUT2D eigenvalue weighted by Crippen LogP contribution is -2.17. The van der Waals surface area contributed by atoms with Crippen LogP contribution in [-0.4, -0.2) is 17.1 Å². The first kappa shape index (κ1) is 11.5. The Balaban J connectivity index is 1.90. The van der Waals surface area contributed by atoms with E-state index in [1.54, 1.807) is 13.3 Å². The van der Waals surface area contributed by atoms with E-state index in [1.807, 2.05) is 0 Å². The van der Waals surface area contributed by atoms with E-state index >= 15 is 0 Å². The zero-order chi connectivity index (χ0) is 12.5. The zero-order valence-corrected chi connectivity index (χ0v) is 11.5. The first-order valence-corrected chi connectivity index (χ1v) is 6.45. The Hall–Kier alpha value is -1.62. The van der Waals surface area contributed by atoms with Gasteiger partial charge in [-0.1, -0.05) is 24.3 Å². The van der Waals surface area contributed by atoms with Crippen LogP contribution in [0.2, 0.25) is 0 Å². The molecular weight excluding hydrogens is 294 g/mol. The Morgan fingerprint density at radius 2 is 1.89 bits per heavy atom. The van der Waals surface area contributed by atoms with E-state index in [4.69, 9.17) is 4.74 Å². The second kappa shape index (κ2) is 4.57. The highest BCUT2D eigenvalue weighted by Crippen LogP contribution is 2.28. The molecule has 0 spiro atoms. The highest BCUT2D eigenvalue weighted by Gasteiger charge is 2.21. The molecule has 92 valence electrons. The zero-order valence-electron chi connectivity index (χ0n) is 9.93. The lowest BCUT2D eigenvalue weighted by atomic mass is 10.1. The normalized spacial score (nSPS) is 13.6. The predicted octanol–water partition coefficient (Wildman–Crippen LogP) is 2.77. The number of benzene rings is 1. The van der Waals surface area contributed by atoms with Gasteiger partial charge in [-0.25, -0.2) is 4.98 Å². The molecule has 4 nitrogen and oxygen atoms in total. The van der Waals surface area contributed by atoms with E-state index in [2.05, 4.69) is 55.1 Å². The number of methoxy groups -OCH3 is 1. The molecule has 2 aromatic rings. The van der Waals surface area contributed by atoms with Gasteiger partial charge in [-0.3, -0.25) is 0 Å². The third-order valence-corrected chi connectivity index (χ3v) is 3.56. The van der Waals surface area contributed by atoms with Crippen molar-refractivity contribution in [1.82, 2.24) is 9.97 Å². The predicted molar refractivity (Wildman–Crippen MR) is 72.6 cm³/mol. The van der Waals surface area contributed by atoms with Gasteiger partial charge in [0, 0.05) is 13.1 Å². The van der Waals surface area contributed by atoms with Crippen molar-refractivity contribution in [3.63, 3.8) is 0 Å². The molecule has 1 aromatic heterocycles. The molecule has 0 aliphatic carbocycles. The lowest BCUT2D eigenvalue weighted by Gasteiger charge is -2.15. The van der Waals surface area contributed by atoms with Crippen LogP contribution in [0.25, 0.3) is 0 Å². The Kier molecular flexibility index (Phi) is 2.91. The number of hydrogen-bond acceptors (Lipinski definition) is 4. The quantitative estimate of drug-likeness (QED) is 0.855. The van der Waals surface area contributed by atoms with E-state index in [0.717, 1.165) is 17.6 Å². The maximum Gasteiger partial charge on any atom is 0.232 e. The van der Waals surface area contributed by atoms with Crippen LogP contribution in [0.4, 0.5) is 5.95 Å². The van der Waals surface area contributed by atoms with Crippen molar-refractivity contribution in [1.29, 1.82) is 0 Å². The van der Waals surface area contributed by atoms with Gasteiger partial charge in [-0.05, 0) is 27.1 Å². The summed E-state index contributed by atoms with van der Waals surface area (Å²) in [4.78, 5) is 10.9. The number of hydrogen-bond donors (Lipinski definition) is 0. The molecule has 1 aliphatic heterocycles. The number of fused-ring (bicyclic) bond motifs is 1. The van der Waals surface area contributed by atoms with Gasteiger partial charge in [0.1, 0.15) is 0 Å². The van der Waals surface area contributed by atoms with Crippen molar-refractivity contribution >= 4 is 21.9 Å². The van der Waals surface area contributed by atoms with Gasteiger partial charge in [0.15, 0.2) is 0 Å². The number of ether oxygens (including phenoxy) is 1. The maximum absolute atomic E-state index is 5.20. The number of halogens is 1. The van der Waals surface area contributed by atoms with Gasteiger partial charge in [0.05, 0.1) is 17.8 Å². The average Bonchev–Trinajstić information content (AvgIpc) is 2.83. The molecule has 0 fully saturated rings. The van der Waals surface area contributed by atoms with Crippen LogP contribution >= 0.6 is 15.9 Å². The fourth-order valence-electron chi connectivity index (χ4n) is 2.11. The molecule has 0 unspecified atom stereocenters. The smallest absolute Gasteiger partial charge is 0.232 e. The van der Waals surface area contributed by atoms with Crippen LogP contribution in [-0.2, 0) is 13.1 Å². The molecule has 3 rings (SSSR count). The second-order valence-electron chi connectivity index (χ2n) is 4.15. The number of rotatable bonds is 2. The molecule has 0 bridgehead atoms. The monoisotopic (exact) mass is 305 g/mol. The van der Waals surface area contributed by atoms with Crippen LogP contribution in [0.3, 0.4) is 0 Å². The lowest BCUT2D eigenvalue weighted by molar-refractivity contribution is 0.393. The molecule has 0 amide bonds. The molecule has 0 saturated carbocycles. The summed E-state index contributed by atoms with van der Waals surface area (Å²) >= 11 is 3.36. The summed E-state index contributed by atoms with van der Waals surface area (Å²) in [5, 5.41) is 0. The third-order valence-electron chi connectivity index (χ3n) is 3.02. The Labute approximate surface area is 114 Å². The summed E-state index contributed by atoms with van der Waals surface area (Å²) in [6.45, 7) is 1.70. The third kappa shape index (κ3) is 1.95. The highest BCUT2D eigenvalue weighted by atomic mass is 79.9. The number of anilines is 1. The molecule has 5 heteroatoms. The molecule has 1 aromatic carbocycles. The van der Waals surface area contributed by atoms with Crippen molar-refractivity contribution in [2.75, 3.05) is 12.0 Å². The van der Waals surface area contributed by atoms with Gasteiger partial charge in [-0.15, -0.1) is 0 Å². The summed E-state index contributed by atoms with van der Waals surface area (Å²) in [7, 11) is 1.61. The first-order valence-electron chi connectivity index (χ1n) is 5.66. The van der Waals surface area contributed by atoms with Gasteiger partial charge in [0.25, 0.3) is 0 Å². The van der Waals surface area contributed by atoms with Crippen LogP contribution in [0.1, 0.15) is 11.1 Å². The standard InChI is InChI=1S/C13H12BrN3O/c1-18-12-11(14)6-15-13(16-12)17-7-9-4-2-3-5-10(9)8-17/h2-6H,7-8H2,1H3. The molecule has 18 heavy (non-hydrogen) atoms. The fraction of sp³-hybridized carbons (Fsp3) is 0.231. The van der Waals surface area contributed by atoms with Crippen molar-refractivity contribution in [3.05, 3.63) is 46.1 Å². The van der Waals surface area contributed by atoms with E-state index in [0.29, 0.717) is 11.8 Å². The molecule has 0 saturated heterocycles. The van der Waals surface area contributed by atoms with E-state index in [1.165, 1.54) is 11.1 Å². The number of nitrogens with zero attached hydrogens (tertiary/aromatic N) is 3. The second-order valence-corrected chi connectivity index (χ2v) is 5.01. The van der Waals surface area contributed by atoms with Crippen molar-refractivity contribution in [3.8, 4) is 5.88 Å². The first-order chi connectivity index (χ1) is 8.78. The average molecular weight is 306 g/mol. The summed E-state index contributed by atoms with van der Waals surface area (Å²) < 4.78 is 5.97. The SMILES string of the molecule is COc1nc(N2Cc3ccccc3C2)ncc1Br. The minimum atomic E-state index is 0.566. The van der Waals surface area contributed by atoms with Gasteiger partial charge < -0.3 is 9.64 Å². The summed E-state index contributed by atoms with van der Waals surface area (Å²) in [6, 6.07) is 8.41. The Morgan fingerprint density at radius 3 is 2.50 bits per heavy atom. The Bertz CT molecular complexity index is 563. The van der Waals surface area contributed by atoms with Gasteiger partial charge in [-0.2, -0.15) is 4.98 Å². The van der Waals surface area contributed by atoms with E-state index in [-0.39, 0.29) is 0 Å². The van der Waals surface area contributed by atoms with Crippen LogP contribution in [0.15, 0.2) is 34.9 Å². The molecule has 0 radical (unpaired) electrons. The molecule has 1 aliphatic rings. The van der Waals surface area contributed by atoms with Gasteiger partial charge >= 0.3 is 0 Å². The van der Waals surface area contributed by atoms with Gasteiger partial charge in [0.2, 0.25) is 11.8 Å². The number of aromatic nitrogens is 2. The van der Waals surface area contributed by atoms with E-state index in [9.17, 15) is 0 Å². The summed E-state index contributed by atoms with van der Waals surface area (Å²) in [5.74, 6) is 1.27. The summed E-state index contributed by atoms with van der Waals surface area (Å²) in [5.41, 5.74) is 2.67. The largest absolute Gasteiger partial charge is 0.480 e. The fourth-order valence-corrected chi connectivity index (χ4v) is 2.47. The topological polar surface area (TPSA) is 38.2 Å². The molecular formula is C13H12BrN3O. The minimum Gasteiger partial charge on any atom is -0.480 e. The highest BCUT2D eigenvalue weighted by molar-refractivity contribution is 9.10.